The van der Waals surface area contributed by atoms with Gasteiger partial charge in [0.15, 0.2) is 0 Å². The zero-order chi connectivity index (χ0) is 28.6. The fourth-order valence-corrected chi connectivity index (χ4v) is 4.63. The highest BCUT2D eigenvalue weighted by Gasteiger charge is 2.35. The molecule has 3 unspecified atom stereocenters. The van der Waals surface area contributed by atoms with Gasteiger partial charge in [0, 0.05) is 10.9 Å². The Hall–Kier alpha value is -2.83. The van der Waals surface area contributed by atoms with Crippen molar-refractivity contribution in [2.24, 2.45) is 16.7 Å². The van der Waals surface area contributed by atoms with E-state index in [4.69, 9.17) is 13.9 Å². The summed E-state index contributed by atoms with van der Waals surface area (Å²) in [5, 5.41) is 21.8. The number of carbonyl (C=O) groups excluding carboxylic acids is 1. The lowest BCUT2D eigenvalue weighted by Crippen LogP contribution is -2.34. The molecule has 0 aliphatic rings. The smallest absolute Gasteiger partial charge is 0.309 e. The molecule has 2 N–H and O–H groups in total. The molecule has 0 aliphatic carbocycles. The maximum Gasteiger partial charge on any atom is 0.309 e. The van der Waals surface area contributed by atoms with Crippen LogP contribution in [0.25, 0.3) is 22.3 Å². The summed E-state index contributed by atoms with van der Waals surface area (Å²) in [6.07, 6.45) is 0.962. The molecule has 0 saturated carbocycles. The molecular weight excluding hydrogens is 492 g/mol. The largest absolute Gasteiger partial charge is 0.494 e. The molecule has 2 aromatic carbocycles. The predicted octanol–water partition coefficient (Wildman–Crippen LogP) is 7.40. The molecule has 0 saturated heterocycles. The van der Waals surface area contributed by atoms with Gasteiger partial charge < -0.3 is 24.1 Å². The van der Waals surface area contributed by atoms with Gasteiger partial charge in [-0.15, -0.1) is 0 Å². The van der Waals surface area contributed by atoms with Crippen molar-refractivity contribution in [2.75, 3.05) is 13.2 Å². The third-order valence-corrected chi connectivity index (χ3v) is 6.96. The Morgan fingerprint density at radius 1 is 0.872 bits per heavy atom. The number of aliphatic hydroxyl groups is 2. The number of hydrogen-bond donors (Lipinski definition) is 2. The zero-order valence-corrected chi connectivity index (χ0v) is 24.4. The number of benzene rings is 2. The molecule has 3 atom stereocenters. The molecule has 0 aliphatic heterocycles. The number of fused-ring (bicyclic) bond motifs is 1. The predicted molar refractivity (Wildman–Crippen MR) is 156 cm³/mol. The Kier molecular flexibility index (Phi) is 10.6. The van der Waals surface area contributed by atoms with Crippen LogP contribution in [0, 0.1) is 16.7 Å². The van der Waals surface area contributed by atoms with Gasteiger partial charge in [0.05, 0.1) is 31.3 Å². The van der Waals surface area contributed by atoms with Gasteiger partial charge in [-0.05, 0) is 79.3 Å². The number of furan rings is 1. The van der Waals surface area contributed by atoms with E-state index in [1.165, 1.54) is 0 Å². The number of carbonyl (C=O) groups is 1. The average Bonchev–Trinajstić information content (AvgIpc) is 3.31. The van der Waals surface area contributed by atoms with Gasteiger partial charge in [-0.1, -0.05) is 59.7 Å². The van der Waals surface area contributed by atoms with E-state index in [-0.39, 0.29) is 29.3 Å². The number of ether oxygens (including phenoxy) is 2. The topological polar surface area (TPSA) is 89.1 Å². The Morgan fingerprint density at radius 3 is 2.08 bits per heavy atom. The van der Waals surface area contributed by atoms with E-state index in [0.29, 0.717) is 32.3 Å². The van der Waals surface area contributed by atoms with Gasteiger partial charge in [0.25, 0.3) is 0 Å². The summed E-state index contributed by atoms with van der Waals surface area (Å²) < 4.78 is 17.3. The first-order valence-corrected chi connectivity index (χ1v) is 14.1. The third-order valence-electron chi connectivity index (χ3n) is 6.96. The van der Waals surface area contributed by atoms with Crippen LogP contribution in [-0.4, -0.2) is 41.6 Å². The Labute approximate surface area is 233 Å². The van der Waals surface area contributed by atoms with Crippen molar-refractivity contribution >= 4 is 16.9 Å². The van der Waals surface area contributed by atoms with Gasteiger partial charge in [-0.2, -0.15) is 0 Å². The van der Waals surface area contributed by atoms with E-state index in [2.05, 4.69) is 41.5 Å². The van der Waals surface area contributed by atoms with E-state index >= 15 is 0 Å². The molecule has 1 aromatic heterocycles. The summed E-state index contributed by atoms with van der Waals surface area (Å²) in [7, 11) is 0. The lowest BCUT2D eigenvalue weighted by atomic mass is 9.72. The Balaban J connectivity index is 1.33. The lowest BCUT2D eigenvalue weighted by Gasteiger charge is -2.33. The van der Waals surface area contributed by atoms with Crippen LogP contribution in [0.3, 0.4) is 0 Å². The van der Waals surface area contributed by atoms with Gasteiger partial charge >= 0.3 is 5.97 Å². The summed E-state index contributed by atoms with van der Waals surface area (Å²) in [4.78, 5) is 12.7. The molecule has 3 rings (SSSR count). The molecule has 39 heavy (non-hydrogen) atoms. The summed E-state index contributed by atoms with van der Waals surface area (Å²) >= 11 is 0. The average molecular weight is 539 g/mol. The first kappa shape index (κ1) is 30.7. The zero-order valence-electron chi connectivity index (χ0n) is 24.4. The molecular formula is C33H46O6. The van der Waals surface area contributed by atoms with Gasteiger partial charge in [-0.3, -0.25) is 4.79 Å². The van der Waals surface area contributed by atoms with Crippen LogP contribution < -0.4 is 4.74 Å². The maximum atomic E-state index is 12.7. The van der Waals surface area contributed by atoms with Crippen LogP contribution >= 0.6 is 0 Å². The van der Waals surface area contributed by atoms with Gasteiger partial charge in [0.1, 0.15) is 17.1 Å². The van der Waals surface area contributed by atoms with Crippen LogP contribution in [0.1, 0.15) is 73.6 Å². The highest BCUT2D eigenvalue weighted by Crippen LogP contribution is 2.37. The van der Waals surface area contributed by atoms with E-state index in [1.807, 2.05) is 54.6 Å². The quantitative estimate of drug-likeness (QED) is 0.174. The molecule has 0 amide bonds. The summed E-state index contributed by atoms with van der Waals surface area (Å²) in [5.74, 6) is 1.19. The van der Waals surface area contributed by atoms with E-state index < -0.39 is 12.2 Å². The highest BCUT2D eigenvalue weighted by atomic mass is 16.5. The molecule has 0 fully saturated rings. The van der Waals surface area contributed by atoms with Crippen molar-refractivity contribution in [2.45, 2.75) is 85.9 Å². The number of rotatable bonds is 13. The number of para-hydroxylation sites is 1. The second-order valence-corrected chi connectivity index (χ2v) is 12.8. The minimum Gasteiger partial charge on any atom is -0.494 e. The number of hydrogen-bond acceptors (Lipinski definition) is 6. The van der Waals surface area contributed by atoms with Crippen LogP contribution in [0.4, 0.5) is 0 Å². The van der Waals surface area contributed by atoms with Crippen LogP contribution in [0.2, 0.25) is 0 Å². The van der Waals surface area contributed by atoms with E-state index in [9.17, 15) is 15.0 Å². The monoisotopic (exact) mass is 538 g/mol. The van der Waals surface area contributed by atoms with Crippen molar-refractivity contribution in [3.05, 3.63) is 54.6 Å². The molecule has 3 aromatic rings. The van der Waals surface area contributed by atoms with Crippen LogP contribution in [-0.2, 0) is 9.53 Å². The van der Waals surface area contributed by atoms with Crippen LogP contribution in [0.15, 0.2) is 59.0 Å². The molecule has 0 bridgehead atoms. The van der Waals surface area contributed by atoms with E-state index in [1.54, 1.807) is 0 Å². The van der Waals surface area contributed by atoms with Gasteiger partial charge in [0.2, 0.25) is 0 Å². The van der Waals surface area contributed by atoms with Crippen molar-refractivity contribution < 1.29 is 28.9 Å². The van der Waals surface area contributed by atoms with E-state index in [0.717, 1.165) is 34.5 Å². The second-order valence-electron chi connectivity index (χ2n) is 12.8. The first-order chi connectivity index (χ1) is 18.3. The summed E-state index contributed by atoms with van der Waals surface area (Å²) in [6, 6.07) is 17.7. The van der Waals surface area contributed by atoms with Crippen molar-refractivity contribution in [1.82, 2.24) is 0 Å². The highest BCUT2D eigenvalue weighted by molar-refractivity contribution is 5.82. The maximum absolute atomic E-state index is 12.7. The SMILES string of the molecule is CC(C)(C)CC(C(=O)OCCCC(O)C(O)CCCOc1ccc(-c2cc3ccccc3o2)cc1)C(C)(C)C. The first-order valence-electron chi connectivity index (χ1n) is 14.1. The Morgan fingerprint density at radius 2 is 1.49 bits per heavy atom. The molecule has 6 nitrogen and oxygen atoms in total. The standard InChI is InChI=1S/C33H46O6/c1-32(2,3)22-26(33(4,5)6)31(36)38-20-10-13-28(35)27(34)12-9-19-37-25-17-15-23(16-18-25)30-21-24-11-7-8-14-29(24)39-30/h7-8,11,14-18,21,26-28,34-35H,9-10,12-13,19-20,22H2,1-6H3. The molecule has 214 valence electrons. The van der Waals surface area contributed by atoms with Crippen LogP contribution in [0.5, 0.6) is 5.75 Å². The molecule has 6 heteroatoms. The minimum atomic E-state index is -0.861. The fraction of sp³-hybridized carbons (Fsp3) is 0.545. The van der Waals surface area contributed by atoms with Crippen molar-refractivity contribution in [3.63, 3.8) is 0 Å². The molecule has 0 spiro atoms. The van der Waals surface area contributed by atoms with Crippen molar-refractivity contribution in [3.8, 4) is 17.1 Å². The molecule has 1 heterocycles. The second kappa shape index (κ2) is 13.5. The normalized spacial score (nSPS) is 14.7. The van der Waals surface area contributed by atoms with Crippen molar-refractivity contribution in [1.29, 1.82) is 0 Å². The number of esters is 1. The molecule has 0 radical (unpaired) electrons. The summed E-state index contributed by atoms with van der Waals surface area (Å²) in [6.45, 7) is 13.2. The minimum absolute atomic E-state index is 0.0277. The lowest BCUT2D eigenvalue weighted by molar-refractivity contribution is -0.154. The third kappa shape index (κ3) is 9.70. The summed E-state index contributed by atoms with van der Waals surface area (Å²) in [5.41, 5.74) is 1.68. The van der Waals surface area contributed by atoms with Gasteiger partial charge in [-0.25, -0.2) is 0 Å². The fourth-order valence-electron chi connectivity index (χ4n) is 4.63. The Bertz CT molecular complexity index is 1130. The number of aliphatic hydroxyl groups excluding tert-OH is 2.